The Bertz CT molecular complexity index is 437. The van der Waals surface area contributed by atoms with Crippen LogP contribution in [0, 0.1) is 0 Å². The summed E-state index contributed by atoms with van der Waals surface area (Å²) in [6.45, 7) is 0. The Morgan fingerprint density at radius 2 is 2.08 bits per heavy atom. The van der Waals surface area contributed by atoms with Gasteiger partial charge in [-0.3, -0.25) is 0 Å². The molecule has 0 saturated heterocycles. The van der Waals surface area contributed by atoms with E-state index in [4.69, 9.17) is 0 Å². The molecular formula is C9H9BrO2S. The summed E-state index contributed by atoms with van der Waals surface area (Å²) < 4.78 is 24.1. The molecular weight excluding hydrogens is 252 g/mol. The van der Waals surface area contributed by atoms with Gasteiger partial charge in [0, 0.05) is 4.47 Å². The van der Waals surface area contributed by atoms with Crippen LogP contribution >= 0.6 is 15.9 Å². The van der Waals surface area contributed by atoms with Crippen LogP contribution in [0.1, 0.15) is 12.0 Å². The first kappa shape index (κ1) is 9.21. The molecule has 0 atom stereocenters. The molecule has 0 radical (unpaired) electrons. The second-order valence-electron chi connectivity index (χ2n) is 3.14. The van der Waals surface area contributed by atoms with Crippen molar-refractivity contribution in [2.24, 2.45) is 0 Å². The number of halogens is 1. The van der Waals surface area contributed by atoms with Gasteiger partial charge in [0.25, 0.3) is 0 Å². The van der Waals surface area contributed by atoms with Gasteiger partial charge in [0.15, 0.2) is 9.84 Å². The van der Waals surface area contributed by atoms with E-state index in [1.54, 1.807) is 12.1 Å². The van der Waals surface area contributed by atoms with E-state index >= 15 is 0 Å². The second kappa shape index (κ2) is 3.10. The number of hydrogen-bond acceptors (Lipinski definition) is 2. The summed E-state index contributed by atoms with van der Waals surface area (Å²) in [6, 6.07) is 5.35. The maximum atomic E-state index is 11.6. The van der Waals surface area contributed by atoms with Crippen LogP contribution in [-0.2, 0) is 16.3 Å². The van der Waals surface area contributed by atoms with E-state index < -0.39 is 9.84 Å². The Balaban J connectivity index is 2.73. The van der Waals surface area contributed by atoms with E-state index in [0.717, 1.165) is 22.9 Å². The molecule has 0 fully saturated rings. The maximum absolute atomic E-state index is 11.6. The first-order valence-electron chi connectivity index (χ1n) is 4.11. The van der Waals surface area contributed by atoms with Gasteiger partial charge in [-0.05, 0) is 30.5 Å². The van der Waals surface area contributed by atoms with Gasteiger partial charge >= 0.3 is 0 Å². The molecule has 0 bridgehead atoms. The third-order valence-corrected chi connectivity index (χ3v) is 4.87. The van der Waals surface area contributed by atoms with E-state index in [1.165, 1.54) is 0 Å². The first-order chi connectivity index (χ1) is 6.11. The molecule has 70 valence electrons. The Morgan fingerprint density at radius 1 is 1.31 bits per heavy atom. The number of benzene rings is 1. The molecule has 0 spiro atoms. The molecule has 2 nitrogen and oxygen atoms in total. The minimum atomic E-state index is -2.99. The summed E-state index contributed by atoms with van der Waals surface area (Å²) >= 11 is 3.37. The molecule has 1 aliphatic rings. The number of fused-ring (bicyclic) bond motifs is 1. The van der Waals surface area contributed by atoms with Crippen molar-refractivity contribution in [1.29, 1.82) is 0 Å². The third kappa shape index (κ3) is 1.53. The van der Waals surface area contributed by atoms with E-state index in [1.807, 2.05) is 6.07 Å². The second-order valence-corrected chi connectivity index (χ2v) is 6.07. The van der Waals surface area contributed by atoms with Crippen LogP contribution in [0.3, 0.4) is 0 Å². The SMILES string of the molecule is O=S1(=O)CCCc2c(Br)cccc21. The van der Waals surface area contributed by atoms with Gasteiger partial charge in [-0.15, -0.1) is 0 Å². The molecule has 1 aromatic carbocycles. The molecule has 1 aliphatic heterocycles. The normalized spacial score (nSPS) is 19.5. The topological polar surface area (TPSA) is 34.1 Å². The predicted molar refractivity (Wildman–Crippen MR) is 54.5 cm³/mol. The Hall–Kier alpha value is -0.350. The fraction of sp³-hybridized carbons (Fsp3) is 0.333. The zero-order valence-corrected chi connectivity index (χ0v) is 9.36. The molecule has 0 saturated carbocycles. The van der Waals surface area contributed by atoms with Crippen LogP contribution in [0.5, 0.6) is 0 Å². The fourth-order valence-electron chi connectivity index (χ4n) is 1.62. The van der Waals surface area contributed by atoms with Crippen LogP contribution in [-0.4, -0.2) is 14.2 Å². The molecule has 1 aromatic rings. The average Bonchev–Trinajstić information content (AvgIpc) is 2.06. The van der Waals surface area contributed by atoms with Crippen LogP contribution in [0.25, 0.3) is 0 Å². The maximum Gasteiger partial charge on any atom is 0.178 e. The molecule has 2 rings (SSSR count). The van der Waals surface area contributed by atoms with E-state index in [2.05, 4.69) is 15.9 Å². The van der Waals surface area contributed by atoms with Gasteiger partial charge in [-0.1, -0.05) is 22.0 Å². The van der Waals surface area contributed by atoms with Gasteiger partial charge in [-0.25, -0.2) is 8.42 Å². The minimum absolute atomic E-state index is 0.288. The fourth-order valence-corrected chi connectivity index (χ4v) is 3.94. The molecule has 13 heavy (non-hydrogen) atoms. The van der Waals surface area contributed by atoms with Crippen LogP contribution in [0.4, 0.5) is 0 Å². The highest BCUT2D eigenvalue weighted by Gasteiger charge is 2.24. The number of sulfone groups is 1. The third-order valence-electron chi connectivity index (χ3n) is 2.25. The van der Waals surface area contributed by atoms with Gasteiger partial charge < -0.3 is 0 Å². The summed E-state index contributed by atoms with van der Waals surface area (Å²) in [7, 11) is -2.99. The molecule has 4 heteroatoms. The summed E-state index contributed by atoms with van der Waals surface area (Å²) in [5.74, 6) is 0.288. The van der Waals surface area contributed by atoms with E-state index in [-0.39, 0.29) is 5.75 Å². The van der Waals surface area contributed by atoms with E-state index in [9.17, 15) is 8.42 Å². The highest BCUT2D eigenvalue weighted by atomic mass is 79.9. The van der Waals surface area contributed by atoms with Crippen molar-refractivity contribution >= 4 is 25.8 Å². The lowest BCUT2D eigenvalue weighted by Crippen LogP contribution is -2.16. The van der Waals surface area contributed by atoms with Gasteiger partial charge in [0.05, 0.1) is 10.6 Å². The lowest BCUT2D eigenvalue weighted by molar-refractivity contribution is 0.586. The van der Waals surface area contributed by atoms with Gasteiger partial charge in [-0.2, -0.15) is 0 Å². The summed E-state index contributed by atoms with van der Waals surface area (Å²) in [5, 5.41) is 0. The molecule has 0 amide bonds. The molecule has 0 aliphatic carbocycles. The summed E-state index contributed by atoms with van der Waals surface area (Å²) in [5.41, 5.74) is 0.939. The van der Waals surface area contributed by atoms with Crippen LogP contribution in [0.15, 0.2) is 27.6 Å². The summed E-state index contributed by atoms with van der Waals surface area (Å²) in [4.78, 5) is 0.508. The van der Waals surface area contributed by atoms with E-state index in [0.29, 0.717) is 4.90 Å². The van der Waals surface area contributed by atoms with Crippen molar-refractivity contribution < 1.29 is 8.42 Å². The first-order valence-corrected chi connectivity index (χ1v) is 6.56. The van der Waals surface area contributed by atoms with Crippen LogP contribution in [0.2, 0.25) is 0 Å². The van der Waals surface area contributed by atoms with Gasteiger partial charge in [0.2, 0.25) is 0 Å². The Morgan fingerprint density at radius 3 is 2.77 bits per heavy atom. The largest absolute Gasteiger partial charge is 0.224 e. The standard InChI is InChI=1S/C9H9BrO2S/c10-8-4-1-5-9-7(8)3-2-6-13(9,11)12/h1,4-5H,2-3,6H2. The van der Waals surface area contributed by atoms with Crippen molar-refractivity contribution in [2.45, 2.75) is 17.7 Å². The molecule has 0 unspecified atom stereocenters. The Labute approximate surface area is 86.0 Å². The minimum Gasteiger partial charge on any atom is -0.224 e. The highest BCUT2D eigenvalue weighted by Crippen LogP contribution is 2.30. The zero-order chi connectivity index (χ0) is 9.47. The molecule has 0 aromatic heterocycles. The van der Waals surface area contributed by atoms with Crippen LogP contribution < -0.4 is 0 Å². The zero-order valence-electron chi connectivity index (χ0n) is 6.96. The Kier molecular flexibility index (Phi) is 2.20. The number of rotatable bonds is 0. The lowest BCUT2D eigenvalue weighted by atomic mass is 10.1. The lowest BCUT2D eigenvalue weighted by Gasteiger charge is -2.16. The monoisotopic (exact) mass is 260 g/mol. The predicted octanol–water partition coefficient (Wildman–Crippen LogP) is 2.17. The summed E-state index contributed by atoms with van der Waals surface area (Å²) in [6.07, 6.45) is 1.59. The van der Waals surface area contributed by atoms with Crippen molar-refractivity contribution in [2.75, 3.05) is 5.75 Å². The number of hydrogen-bond donors (Lipinski definition) is 0. The molecule has 1 heterocycles. The van der Waals surface area contributed by atoms with Crippen molar-refractivity contribution in [1.82, 2.24) is 0 Å². The van der Waals surface area contributed by atoms with Crippen molar-refractivity contribution in [3.05, 3.63) is 28.2 Å². The van der Waals surface area contributed by atoms with Crippen molar-refractivity contribution in [3.8, 4) is 0 Å². The highest BCUT2D eigenvalue weighted by molar-refractivity contribution is 9.10. The average molecular weight is 261 g/mol. The molecule has 0 N–H and O–H groups in total. The van der Waals surface area contributed by atoms with Crippen molar-refractivity contribution in [3.63, 3.8) is 0 Å². The quantitative estimate of drug-likeness (QED) is 0.717. The smallest absolute Gasteiger partial charge is 0.178 e. The van der Waals surface area contributed by atoms with Gasteiger partial charge in [0.1, 0.15) is 0 Å².